The molecule has 2 nitrogen and oxygen atoms in total. The first-order valence-electron chi connectivity index (χ1n) is 13.3. The van der Waals surface area contributed by atoms with Crippen LogP contribution in [0, 0.1) is 13.8 Å². The van der Waals surface area contributed by atoms with Gasteiger partial charge in [0.25, 0.3) is 0 Å². The number of unbranched alkanes of at least 4 members (excludes halogenated alkanes) is 4. The number of hydrogen-bond acceptors (Lipinski definition) is 2. The summed E-state index contributed by atoms with van der Waals surface area (Å²) >= 11 is 0. The van der Waals surface area contributed by atoms with Gasteiger partial charge in [0, 0.05) is 17.9 Å². The van der Waals surface area contributed by atoms with Crippen molar-refractivity contribution >= 4 is 11.8 Å². The van der Waals surface area contributed by atoms with Crippen molar-refractivity contribution in [2.45, 2.75) is 108 Å². The number of allylic oxidation sites excluding steroid dienone is 2. The maximum absolute atomic E-state index is 5.47. The Kier molecular flexibility index (Phi) is 28.7. The topological polar surface area (TPSA) is 38.0 Å². The van der Waals surface area contributed by atoms with Gasteiger partial charge >= 0.3 is 0 Å². The van der Waals surface area contributed by atoms with Gasteiger partial charge in [0.1, 0.15) is 0 Å². The molecule has 2 aromatic carbocycles. The van der Waals surface area contributed by atoms with Crippen LogP contribution < -0.4 is 11.1 Å². The Morgan fingerprint density at radius 1 is 0.882 bits per heavy atom. The van der Waals surface area contributed by atoms with Crippen LogP contribution in [0.3, 0.4) is 0 Å². The number of hydrogen-bond donors (Lipinski definition) is 2. The molecule has 0 heterocycles. The van der Waals surface area contributed by atoms with Crippen LogP contribution in [0.4, 0.5) is 5.69 Å². The summed E-state index contributed by atoms with van der Waals surface area (Å²) in [7, 11) is 0. The van der Waals surface area contributed by atoms with Gasteiger partial charge in [-0.05, 0) is 56.0 Å². The number of aryl methyl sites for hydroxylation is 2. The fourth-order valence-electron chi connectivity index (χ4n) is 2.68. The van der Waals surface area contributed by atoms with Crippen LogP contribution in [0.5, 0.6) is 0 Å². The normalized spacial score (nSPS) is 9.44. The fraction of sp³-hybridized carbons (Fsp3) is 0.500. The van der Waals surface area contributed by atoms with Gasteiger partial charge in [-0.3, -0.25) is 0 Å². The number of nitrogens with two attached hydrogens (primary N) is 1. The Morgan fingerprint density at radius 2 is 1.44 bits per heavy atom. The summed E-state index contributed by atoms with van der Waals surface area (Å²) < 4.78 is 0. The lowest BCUT2D eigenvalue weighted by atomic mass is 10.1. The van der Waals surface area contributed by atoms with Crippen LogP contribution in [0.15, 0.2) is 60.8 Å². The highest BCUT2D eigenvalue weighted by Gasteiger charge is 1.96. The lowest BCUT2D eigenvalue weighted by Crippen LogP contribution is -1.96. The summed E-state index contributed by atoms with van der Waals surface area (Å²) in [6.45, 7) is 25.2. The van der Waals surface area contributed by atoms with Crippen molar-refractivity contribution in [3.63, 3.8) is 0 Å². The molecule has 0 aliphatic heterocycles. The van der Waals surface area contributed by atoms with E-state index in [1.165, 1.54) is 48.8 Å². The fourth-order valence-corrected chi connectivity index (χ4v) is 2.68. The number of benzene rings is 2. The molecule has 0 aliphatic rings. The van der Waals surface area contributed by atoms with Crippen molar-refractivity contribution in [3.8, 4) is 0 Å². The van der Waals surface area contributed by atoms with Crippen LogP contribution in [0.2, 0.25) is 0 Å². The van der Waals surface area contributed by atoms with Crippen LogP contribution in [-0.2, 0) is 6.54 Å². The third-order valence-corrected chi connectivity index (χ3v) is 4.96. The summed E-state index contributed by atoms with van der Waals surface area (Å²) in [6, 6.07) is 14.4. The van der Waals surface area contributed by atoms with E-state index in [9.17, 15) is 0 Å². The molecular formula is C32H56N2. The number of anilines is 1. The van der Waals surface area contributed by atoms with Gasteiger partial charge in [-0.2, -0.15) is 0 Å². The molecule has 0 aromatic heterocycles. The second-order valence-corrected chi connectivity index (χ2v) is 7.57. The molecule has 0 spiro atoms. The summed E-state index contributed by atoms with van der Waals surface area (Å²) in [5, 5.41) is 3.30. The Morgan fingerprint density at radius 3 is 1.88 bits per heavy atom. The zero-order chi connectivity index (χ0) is 26.8. The van der Waals surface area contributed by atoms with E-state index in [4.69, 9.17) is 5.73 Å². The van der Waals surface area contributed by atoms with Crippen molar-refractivity contribution in [3.05, 3.63) is 83.1 Å². The molecule has 2 aromatic rings. The second kappa shape index (κ2) is 26.9. The number of nitrogens with one attached hydrogen (secondary N) is 1. The Balaban J connectivity index is -0.000000409. The van der Waals surface area contributed by atoms with Crippen molar-refractivity contribution in [2.24, 2.45) is 5.73 Å². The Hall–Kier alpha value is -2.32. The third-order valence-electron chi connectivity index (χ3n) is 4.96. The van der Waals surface area contributed by atoms with E-state index in [-0.39, 0.29) is 0 Å². The lowest BCUT2D eigenvalue weighted by molar-refractivity contribution is 0.656. The maximum Gasteiger partial charge on any atom is 0.0455 e. The van der Waals surface area contributed by atoms with Gasteiger partial charge in [0.05, 0.1) is 0 Å². The lowest BCUT2D eigenvalue weighted by Gasteiger charge is -2.08. The Labute approximate surface area is 213 Å². The molecule has 194 valence electrons. The molecule has 0 fully saturated rings. The minimum atomic E-state index is 0.640. The van der Waals surface area contributed by atoms with Gasteiger partial charge in [0.2, 0.25) is 0 Å². The monoisotopic (exact) mass is 468 g/mol. The zero-order valence-corrected chi connectivity index (χ0v) is 24.2. The quantitative estimate of drug-likeness (QED) is 0.378. The molecular weight excluding hydrogens is 412 g/mol. The smallest absolute Gasteiger partial charge is 0.0455 e. The molecule has 0 saturated heterocycles. The van der Waals surface area contributed by atoms with E-state index in [0.29, 0.717) is 6.54 Å². The highest BCUT2D eigenvalue weighted by atomic mass is 14.9. The highest BCUT2D eigenvalue weighted by Crippen LogP contribution is 2.17. The van der Waals surface area contributed by atoms with Gasteiger partial charge in [-0.25, -0.2) is 0 Å². The molecule has 2 rings (SSSR count). The van der Waals surface area contributed by atoms with Crippen LogP contribution >= 0.6 is 0 Å². The van der Waals surface area contributed by atoms with Gasteiger partial charge < -0.3 is 11.1 Å². The standard InChI is InChI=1S/C12H15N.C9H13N.C7H16.2C2H6/c1-4-10(3)13-12-9-7-6-8-11(12)5-2;1-7-3-4-9(6-10)5-8(7)2;1-3-5-7-6-4-2;2*1-2/h4-9,13H,2H2,1,3H3;3-5H,6,10H2,1-2H3;3-7H2,1-2H3;2*1-2H3/b10-4-;;;;. The van der Waals surface area contributed by atoms with E-state index in [2.05, 4.69) is 57.8 Å². The molecule has 0 bridgehead atoms. The zero-order valence-electron chi connectivity index (χ0n) is 24.2. The second-order valence-electron chi connectivity index (χ2n) is 7.57. The molecule has 0 aliphatic carbocycles. The Bertz CT molecular complexity index is 740. The SMILES string of the molecule is C=Cc1ccccc1N/C(C)=C\C.CC.CC.CCCCCCC.Cc1ccc(CN)cc1C. The molecule has 0 saturated carbocycles. The molecule has 0 radical (unpaired) electrons. The molecule has 0 atom stereocenters. The minimum absolute atomic E-state index is 0.640. The maximum atomic E-state index is 5.47. The first kappa shape index (κ1) is 36.3. The van der Waals surface area contributed by atoms with E-state index in [0.717, 1.165) is 16.9 Å². The summed E-state index contributed by atoms with van der Waals surface area (Å²) in [6.07, 6.45) is 10.9. The highest BCUT2D eigenvalue weighted by molar-refractivity contribution is 5.67. The predicted molar refractivity (Wildman–Crippen MR) is 161 cm³/mol. The first-order chi connectivity index (χ1) is 16.4. The molecule has 34 heavy (non-hydrogen) atoms. The van der Waals surface area contributed by atoms with E-state index >= 15 is 0 Å². The van der Waals surface area contributed by atoms with Crippen molar-refractivity contribution in [2.75, 3.05) is 5.32 Å². The molecule has 3 N–H and O–H groups in total. The molecule has 0 unspecified atom stereocenters. The number of para-hydroxylation sites is 1. The largest absolute Gasteiger partial charge is 0.359 e. The summed E-state index contributed by atoms with van der Waals surface area (Å²) in [5.41, 5.74) is 12.7. The molecule has 0 amide bonds. The first-order valence-corrected chi connectivity index (χ1v) is 13.3. The average molecular weight is 469 g/mol. The van der Waals surface area contributed by atoms with E-state index in [1.807, 2.05) is 78.0 Å². The van der Waals surface area contributed by atoms with Crippen molar-refractivity contribution in [1.29, 1.82) is 0 Å². The van der Waals surface area contributed by atoms with Gasteiger partial charge in [-0.15, -0.1) is 0 Å². The van der Waals surface area contributed by atoms with Crippen molar-refractivity contribution < 1.29 is 0 Å². The van der Waals surface area contributed by atoms with Crippen LogP contribution in [-0.4, -0.2) is 0 Å². The molecule has 2 heteroatoms. The average Bonchev–Trinajstić information content (AvgIpc) is 2.89. The van der Waals surface area contributed by atoms with E-state index in [1.54, 1.807) is 0 Å². The minimum Gasteiger partial charge on any atom is -0.359 e. The number of rotatable bonds is 8. The summed E-state index contributed by atoms with van der Waals surface area (Å²) in [4.78, 5) is 0. The summed E-state index contributed by atoms with van der Waals surface area (Å²) in [5.74, 6) is 0. The van der Waals surface area contributed by atoms with Gasteiger partial charge in [-0.1, -0.05) is 129 Å². The van der Waals surface area contributed by atoms with Crippen LogP contribution in [0.1, 0.15) is 110 Å². The predicted octanol–water partition coefficient (Wildman–Crippen LogP) is 10.5. The van der Waals surface area contributed by atoms with Gasteiger partial charge in [0.15, 0.2) is 0 Å². The third kappa shape index (κ3) is 19.2. The van der Waals surface area contributed by atoms with Crippen molar-refractivity contribution in [1.82, 2.24) is 0 Å². The van der Waals surface area contributed by atoms with Crippen LogP contribution in [0.25, 0.3) is 6.08 Å². The van der Waals surface area contributed by atoms with E-state index < -0.39 is 0 Å².